The lowest BCUT2D eigenvalue weighted by atomic mass is 9.78. The van der Waals surface area contributed by atoms with Gasteiger partial charge < -0.3 is 9.47 Å². The number of para-hydroxylation sites is 2. The van der Waals surface area contributed by atoms with Gasteiger partial charge in [0.1, 0.15) is 23.0 Å². The third-order valence-corrected chi connectivity index (χ3v) is 10.6. The molecule has 0 N–H and O–H groups in total. The summed E-state index contributed by atoms with van der Waals surface area (Å²) >= 11 is 0. The van der Waals surface area contributed by atoms with Crippen LogP contribution in [0.25, 0.3) is 16.7 Å². The molecule has 272 valence electrons. The monoisotopic (exact) mass is 720 g/mol. The van der Waals surface area contributed by atoms with E-state index in [1.165, 1.54) is 38.9 Å². The van der Waals surface area contributed by atoms with Crippen molar-refractivity contribution in [1.29, 1.82) is 0 Å². The molecule has 1 aromatic heterocycles. The smallest absolute Gasteiger partial charge is 0.333 e. The molecule has 0 saturated heterocycles. The number of benzene rings is 7. The minimum absolute atomic E-state index is 0.0494. The average molecular weight is 721 g/mol. The maximum absolute atomic E-state index is 13.0. The van der Waals surface area contributed by atoms with E-state index in [-0.39, 0.29) is 11.1 Å². The lowest BCUT2D eigenvalue weighted by Gasteiger charge is -2.26. The minimum atomic E-state index is -0.209. The van der Waals surface area contributed by atoms with Crippen LogP contribution in [0.3, 0.4) is 0 Å². The molecule has 5 nitrogen and oxygen atoms in total. The van der Waals surface area contributed by atoms with Crippen LogP contribution in [0.2, 0.25) is 0 Å². The number of aromatic nitrogens is 2. The first-order chi connectivity index (χ1) is 26.7. The summed E-state index contributed by atoms with van der Waals surface area (Å²) in [6.07, 6.45) is 1.69. The molecular weight excluding hydrogens is 677 g/mol. The standard InChI is InChI=1S/C50H44N2O3/c1-35-9-11-36(12-10-35)33-38-15-25-43(26-16-38)54-45-29-19-40(20-30-45)50(2,3)41-21-31-46(32-22-41)55-44-27-17-39(18-28-44)34-37-13-23-42(24-14-37)52-48-8-6-5-7-47(48)51(4)49(52)53/h5-32H,33-34H2,1-4H3. The predicted molar refractivity (Wildman–Crippen MR) is 223 cm³/mol. The first-order valence-electron chi connectivity index (χ1n) is 18.8. The summed E-state index contributed by atoms with van der Waals surface area (Å²) in [7, 11) is 1.81. The van der Waals surface area contributed by atoms with Crippen molar-refractivity contribution in [1.82, 2.24) is 9.13 Å². The highest BCUT2D eigenvalue weighted by Crippen LogP contribution is 2.35. The number of fused-ring (bicyclic) bond motifs is 1. The van der Waals surface area contributed by atoms with Gasteiger partial charge in [-0.15, -0.1) is 0 Å². The van der Waals surface area contributed by atoms with Gasteiger partial charge in [0.2, 0.25) is 0 Å². The van der Waals surface area contributed by atoms with Crippen LogP contribution in [0.4, 0.5) is 0 Å². The van der Waals surface area contributed by atoms with Crippen LogP contribution < -0.4 is 15.2 Å². The second-order valence-corrected chi connectivity index (χ2v) is 14.8. The summed E-state index contributed by atoms with van der Waals surface area (Å²) in [5.74, 6) is 3.22. The van der Waals surface area contributed by atoms with E-state index in [0.29, 0.717) is 0 Å². The fourth-order valence-corrected chi connectivity index (χ4v) is 7.15. The summed E-state index contributed by atoms with van der Waals surface area (Å²) in [6.45, 7) is 6.59. The van der Waals surface area contributed by atoms with Gasteiger partial charge in [-0.3, -0.25) is 9.13 Å². The SMILES string of the molecule is Cc1ccc(Cc2ccc(Oc3ccc(C(C)(C)c4ccc(Oc5ccc(Cc6ccc(-n7c(=O)n(C)c8ccccc87)cc6)cc5)cc4)cc3)cc2)cc1. The minimum Gasteiger partial charge on any atom is -0.457 e. The molecule has 0 saturated carbocycles. The molecule has 0 aliphatic carbocycles. The molecule has 8 aromatic rings. The van der Waals surface area contributed by atoms with Gasteiger partial charge in [-0.05, 0) is 126 Å². The summed E-state index contributed by atoms with van der Waals surface area (Å²) in [5.41, 5.74) is 11.0. The Kier molecular flexibility index (Phi) is 9.69. The molecular formula is C50H44N2O3. The number of rotatable bonds is 11. The Morgan fingerprint density at radius 1 is 0.473 bits per heavy atom. The van der Waals surface area contributed by atoms with Crippen molar-refractivity contribution >= 4 is 11.0 Å². The normalized spacial score (nSPS) is 11.5. The van der Waals surface area contributed by atoms with Crippen molar-refractivity contribution in [3.05, 3.63) is 219 Å². The highest BCUT2D eigenvalue weighted by molar-refractivity contribution is 5.78. The lowest BCUT2D eigenvalue weighted by Crippen LogP contribution is -2.20. The summed E-state index contributed by atoms with van der Waals surface area (Å²) in [6, 6.07) is 58.1. The Labute approximate surface area is 322 Å². The van der Waals surface area contributed by atoms with Gasteiger partial charge in [0.25, 0.3) is 0 Å². The number of hydrogen-bond acceptors (Lipinski definition) is 3. The third-order valence-electron chi connectivity index (χ3n) is 10.6. The van der Waals surface area contributed by atoms with Gasteiger partial charge >= 0.3 is 5.69 Å². The highest BCUT2D eigenvalue weighted by Gasteiger charge is 2.23. The quantitative estimate of drug-likeness (QED) is 0.134. The van der Waals surface area contributed by atoms with Crippen molar-refractivity contribution in [2.24, 2.45) is 7.05 Å². The van der Waals surface area contributed by atoms with Gasteiger partial charge in [-0.2, -0.15) is 0 Å². The van der Waals surface area contributed by atoms with Crippen LogP contribution in [-0.2, 0) is 25.3 Å². The zero-order valence-corrected chi connectivity index (χ0v) is 31.7. The molecule has 0 fully saturated rings. The Hall–Kier alpha value is -6.59. The first-order valence-corrected chi connectivity index (χ1v) is 18.8. The van der Waals surface area contributed by atoms with Crippen LogP contribution in [-0.4, -0.2) is 9.13 Å². The van der Waals surface area contributed by atoms with Crippen molar-refractivity contribution in [3.63, 3.8) is 0 Å². The summed E-state index contributed by atoms with van der Waals surface area (Å²) in [5, 5.41) is 0. The molecule has 0 unspecified atom stereocenters. The van der Waals surface area contributed by atoms with Crippen LogP contribution >= 0.6 is 0 Å². The third kappa shape index (κ3) is 7.74. The van der Waals surface area contributed by atoms with Crippen molar-refractivity contribution in [2.75, 3.05) is 0 Å². The Bertz CT molecular complexity index is 2600. The van der Waals surface area contributed by atoms with Gasteiger partial charge in [0.15, 0.2) is 0 Å². The molecule has 0 aliphatic rings. The average Bonchev–Trinajstić information content (AvgIpc) is 3.46. The van der Waals surface area contributed by atoms with Gasteiger partial charge in [0.05, 0.1) is 16.7 Å². The molecule has 7 aromatic carbocycles. The Morgan fingerprint density at radius 3 is 1.27 bits per heavy atom. The number of imidazole rings is 1. The number of ether oxygens (including phenoxy) is 2. The number of aryl methyl sites for hydroxylation is 2. The fourth-order valence-electron chi connectivity index (χ4n) is 7.15. The van der Waals surface area contributed by atoms with Gasteiger partial charge in [-0.25, -0.2) is 4.79 Å². The molecule has 8 rings (SSSR count). The van der Waals surface area contributed by atoms with Gasteiger partial charge in [-0.1, -0.05) is 116 Å². The molecule has 0 amide bonds. The van der Waals surface area contributed by atoms with Crippen LogP contribution in [0.1, 0.15) is 52.8 Å². The highest BCUT2D eigenvalue weighted by atomic mass is 16.5. The van der Waals surface area contributed by atoms with E-state index in [4.69, 9.17) is 9.47 Å². The molecule has 0 atom stereocenters. The number of hydrogen-bond donors (Lipinski definition) is 0. The molecule has 5 heteroatoms. The largest absolute Gasteiger partial charge is 0.457 e. The molecule has 0 radical (unpaired) electrons. The second-order valence-electron chi connectivity index (χ2n) is 14.8. The summed E-state index contributed by atoms with van der Waals surface area (Å²) in [4.78, 5) is 13.0. The molecule has 0 bridgehead atoms. The van der Waals surface area contributed by atoms with Crippen LogP contribution in [0.5, 0.6) is 23.0 Å². The lowest BCUT2D eigenvalue weighted by molar-refractivity contribution is 0.481. The van der Waals surface area contributed by atoms with E-state index < -0.39 is 0 Å². The molecule has 55 heavy (non-hydrogen) atoms. The maximum Gasteiger partial charge on any atom is 0.333 e. The number of nitrogens with zero attached hydrogens (tertiary/aromatic N) is 2. The van der Waals surface area contributed by atoms with Crippen LogP contribution in [0, 0.1) is 6.92 Å². The fraction of sp³-hybridized carbons (Fsp3) is 0.140. The predicted octanol–water partition coefficient (Wildman–Crippen LogP) is 11.7. The Morgan fingerprint density at radius 2 is 0.836 bits per heavy atom. The topological polar surface area (TPSA) is 45.4 Å². The first kappa shape index (κ1) is 35.4. The van der Waals surface area contributed by atoms with Crippen molar-refractivity contribution < 1.29 is 9.47 Å². The van der Waals surface area contributed by atoms with E-state index >= 15 is 0 Å². The van der Waals surface area contributed by atoms with Crippen molar-refractivity contribution in [3.8, 4) is 28.7 Å². The molecule has 1 heterocycles. The summed E-state index contributed by atoms with van der Waals surface area (Å²) < 4.78 is 15.9. The van der Waals surface area contributed by atoms with E-state index in [1.54, 1.807) is 9.13 Å². The van der Waals surface area contributed by atoms with E-state index in [0.717, 1.165) is 52.6 Å². The maximum atomic E-state index is 13.0. The molecule has 0 aliphatic heterocycles. The molecule has 0 spiro atoms. The second kappa shape index (κ2) is 15.0. The zero-order valence-electron chi connectivity index (χ0n) is 31.7. The van der Waals surface area contributed by atoms with E-state index in [2.05, 4.69) is 106 Å². The zero-order chi connectivity index (χ0) is 37.9. The van der Waals surface area contributed by atoms with E-state index in [1.807, 2.05) is 92.0 Å². The van der Waals surface area contributed by atoms with Crippen molar-refractivity contribution in [2.45, 2.75) is 39.0 Å². The van der Waals surface area contributed by atoms with E-state index in [9.17, 15) is 4.79 Å². The van der Waals surface area contributed by atoms with Crippen LogP contribution in [0.15, 0.2) is 175 Å². The Balaban J connectivity index is 0.858. The van der Waals surface area contributed by atoms with Gasteiger partial charge in [0, 0.05) is 12.5 Å².